The van der Waals surface area contributed by atoms with Crippen molar-refractivity contribution in [2.75, 3.05) is 26.3 Å². The van der Waals surface area contributed by atoms with Gasteiger partial charge >= 0.3 is 0 Å². The van der Waals surface area contributed by atoms with E-state index < -0.39 is 30.7 Å². The zero-order valence-electron chi connectivity index (χ0n) is 11.0. The SMILES string of the molecule is OCCCCCCNC[C@@H]1O[C@](O)(CO)[C@@H](O)[C@@H]1O. The van der Waals surface area contributed by atoms with Crippen LogP contribution >= 0.6 is 0 Å². The molecule has 114 valence electrons. The number of aliphatic hydroxyl groups is 5. The van der Waals surface area contributed by atoms with E-state index in [1.165, 1.54) is 0 Å². The Balaban J connectivity index is 2.16. The third kappa shape index (κ3) is 4.64. The molecular formula is C12H25NO6. The maximum Gasteiger partial charge on any atom is 0.219 e. The van der Waals surface area contributed by atoms with Crippen LogP contribution in [0.2, 0.25) is 0 Å². The van der Waals surface area contributed by atoms with Gasteiger partial charge in [-0.15, -0.1) is 0 Å². The second-order valence-electron chi connectivity index (χ2n) is 4.94. The highest BCUT2D eigenvalue weighted by molar-refractivity contribution is 4.95. The van der Waals surface area contributed by atoms with Crippen LogP contribution in [0.5, 0.6) is 0 Å². The summed E-state index contributed by atoms with van der Waals surface area (Å²) < 4.78 is 5.08. The molecule has 6 N–H and O–H groups in total. The monoisotopic (exact) mass is 279 g/mol. The van der Waals surface area contributed by atoms with Crippen molar-refractivity contribution in [1.29, 1.82) is 0 Å². The second-order valence-corrected chi connectivity index (χ2v) is 4.94. The number of ether oxygens (including phenoxy) is 1. The first kappa shape index (κ1) is 16.8. The van der Waals surface area contributed by atoms with Crippen LogP contribution in [-0.2, 0) is 4.74 Å². The average Bonchev–Trinajstić information content (AvgIpc) is 2.63. The van der Waals surface area contributed by atoms with Gasteiger partial charge in [-0.05, 0) is 19.4 Å². The van der Waals surface area contributed by atoms with Crippen LogP contribution in [0.1, 0.15) is 25.7 Å². The molecule has 1 fully saturated rings. The Labute approximate surface area is 112 Å². The third-order valence-corrected chi connectivity index (χ3v) is 3.36. The highest BCUT2D eigenvalue weighted by Gasteiger charge is 2.52. The van der Waals surface area contributed by atoms with Gasteiger partial charge in [-0.1, -0.05) is 12.8 Å². The van der Waals surface area contributed by atoms with Crippen LogP contribution < -0.4 is 5.32 Å². The first-order valence-corrected chi connectivity index (χ1v) is 6.74. The summed E-state index contributed by atoms with van der Waals surface area (Å²) >= 11 is 0. The lowest BCUT2D eigenvalue weighted by molar-refractivity contribution is -0.245. The summed E-state index contributed by atoms with van der Waals surface area (Å²) in [4.78, 5) is 0. The minimum Gasteiger partial charge on any atom is -0.396 e. The first-order chi connectivity index (χ1) is 9.05. The van der Waals surface area contributed by atoms with E-state index >= 15 is 0 Å². The molecule has 4 atom stereocenters. The van der Waals surface area contributed by atoms with E-state index in [2.05, 4.69) is 5.32 Å². The molecule has 0 unspecified atom stereocenters. The molecular weight excluding hydrogens is 254 g/mol. The Kier molecular flexibility index (Phi) is 7.16. The zero-order chi connectivity index (χ0) is 14.3. The summed E-state index contributed by atoms with van der Waals surface area (Å²) in [7, 11) is 0. The van der Waals surface area contributed by atoms with E-state index in [0.29, 0.717) is 6.54 Å². The molecule has 0 aromatic rings. The second kappa shape index (κ2) is 8.11. The minimum atomic E-state index is -2.08. The highest BCUT2D eigenvalue weighted by atomic mass is 16.7. The lowest BCUT2D eigenvalue weighted by Gasteiger charge is -2.22. The van der Waals surface area contributed by atoms with Gasteiger partial charge in [0.25, 0.3) is 0 Å². The van der Waals surface area contributed by atoms with Gasteiger partial charge in [0, 0.05) is 13.2 Å². The Bertz CT molecular complexity index is 254. The van der Waals surface area contributed by atoms with Gasteiger partial charge in [-0.2, -0.15) is 0 Å². The molecule has 0 bridgehead atoms. The molecule has 0 spiro atoms. The summed E-state index contributed by atoms with van der Waals surface area (Å²) in [5.41, 5.74) is 0. The number of rotatable bonds is 9. The van der Waals surface area contributed by atoms with Gasteiger partial charge in [0.15, 0.2) is 0 Å². The topological polar surface area (TPSA) is 122 Å². The Morgan fingerprint density at radius 1 is 1.05 bits per heavy atom. The molecule has 19 heavy (non-hydrogen) atoms. The molecule has 1 heterocycles. The van der Waals surface area contributed by atoms with E-state index in [1.54, 1.807) is 0 Å². The van der Waals surface area contributed by atoms with Gasteiger partial charge in [0.05, 0.1) is 6.61 Å². The van der Waals surface area contributed by atoms with Crippen LogP contribution in [0.15, 0.2) is 0 Å². The van der Waals surface area contributed by atoms with Crippen molar-refractivity contribution < 1.29 is 30.3 Å². The maximum atomic E-state index is 9.68. The number of aliphatic hydroxyl groups excluding tert-OH is 4. The van der Waals surface area contributed by atoms with E-state index in [-0.39, 0.29) is 6.61 Å². The molecule has 0 radical (unpaired) electrons. The Morgan fingerprint density at radius 2 is 1.74 bits per heavy atom. The molecule has 0 aromatic carbocycles. The molecule has 1 saturated heterocycles. The lowest BCUT2D eigenvalue weighted by atomic mass is 10.1. The predicted molar refractivity (Wildman–Crippen MR) is 67.3 cm³/mol. The first-order valence-electron chi connectivity index (χ1n) is 6.74. The van der Waals surface area contributed by atoms with Crippen molar-refractivity contribution >= 4 is 0 Å². The summed E-state index contributed by atoms with van der Waals surface area (Å²) in [6.07, 6.45) is 0.252. The maximum absolute atomic E-state index is 9.68. The van der Waals surface area contributed by atoms with Gasteiger partial charge in [0.1, 0.15) is 18.3 Å². The summed E-state index contributed by atoms with van der Waals surface area (Å²) in [5, 5.41) is 49.5. The van der Waals surface area contributed by atoms with Crippen LogP contribution in [-0.4, -0.2) is 75.9 Å². The van der Waals surface area contributed by atoms with Gasteiger partial charge in [0.2, 0.25) is 5.79 Å². The van der Waals surface area contributed by atoms with Crippen molar-refractivity contribution in [3.8, 4) is 0 Å². The van der Waals surface area contributed by atoms with E-state index in [1.807, 2.05) is 0 Å². The van der Waals surface area contributed by atoms with Crippen LogP contribution in [0.25, 0.3) is 0 Å². The molecule has 7 nitrogen and oxygen atoms in total. The number of nitrogens with one attached hydrogen (secondary N) is 1. The largest absolute Gasteiger partial charge is 0.396 e. The predicted octanol–water partition coefficient (Wildman–Crippen LogP) is -2.07. The summed E-state index contributed by atoms with van der Waals surface area (Å²) in [6.45, 7) is 0.474. The Morgan fingerprint density at radius 3 is 2.32 bits per heavy atom. The van der Waals surface area contributed by atoms with Crippen molar-refractivity contribution in [3.05, 3.63) is 0 Å². The van der Waals surface area contributed by atoms with Crippen molar-refractivity contribution in [3.63, 3.8) is 0 Å². The molecule has 0 amide bonds. The molecule has 0 aromatic heterocycles. The molecule has 1 aliphatic heterocycles. The fraction of sp³-hybridized carbons (Fsp3) is 1.00. The highest BCUT2D eigenvalue weighted by Crippen LogP contribution is 2.28. The van der Waals surface area contributed by atoms with Gasteiger partial charge in [-0.25, -0.2) is 0 Å². The lowest BCUT2D eigenvalue weighted by Crippen LogP contribution is -2.46. The van der Waals surface area contributed by atoms with Crippen molar-refractivity contribution in [1.82, 2.24) is 5.32 Å². The van der Waals surface area contributed by atoms with Gasteiger partial charge in [-0.3, -0.25) is 0 Å². The normalized spacial score (nSPS) is 34.9. The third-order valence-electron chi connectivity index (χ3n) is 3.36. The Hall–Kier alpha value is -0.280. The van der Waals surface area contributed by atoms with E-state index in [0.717, 1.165) is 32.2 Å². The fourth-order valence-electron chi connectivity index (χ4n) is 2.12. The van der Waals surface area contributed by atoms with E-state index in [9.17, 15) is 15.3 Å². The van der Waals surface area contributed by atoms with Gasteiger partial charge < -0.3 is 35.6 Å². The molecule has 1 rings (SSSR count). The van der Waals surface area contributed by atoms with Crippen LogP contribution in [0.4, 0.5) is 0 Å². The molecule has 7 heteroatoms. The summed E-state index contributed by atoms with van der Waals surface area (Å²) in [6, 6.07) is 0. The van der Waals surface area contributed by atoms with E-state index in [4.69, 9.17) is 14.9 Å². The fourth-order valence-corrected chi connectivity index (χ4v) is 2.12. The summed E-state index contributed by atoms with van der Waals surface area (Å²) in [5.74, 6) is -2.08. The molecule has 0 aliphatic carbocycles. The standard InChI is InChI=1S/C12H25NO6/c14-6-4-2-1-3-5-13-7-9-10(16)11(17)12(18,8-15)19-9/h9-11,13-18H,1-8H2/t9-,10+,11-,12+/m0/s1. The van der Waals surface area contributed by atoms with Crippen molar-refractivity contribution in [2.24, 2.45) is 0 Å². The quantitative estimate of drug-likeness (QED) is 0.268. The van der Waals surface area contributed by atoms with Crippen LogP contribution in [0.3, 0.4) is 0 Å². The smallest absolute Gasteiger partial charge is 0.219 e. The van der Waals surface area contributed by atoms with Crippen LogP contribution in [0, 0.1) is 0 Å². The zero-order valence-corrected chi connectivity index (χ0v) is 11.0. The average molecular weight is 279 g/mol. The molecule has 1 aliphatic rings. The number of unbranched alkanes of at least 4 members (excludes halogenated alkanes) is 3. The number of hydrogen-bond donors (Lipinski definition) is 6. The molecule has 0 saturated carbocycles. The number of hydrogen-bond acceptors (Lipinski definition) is 7. The van der Waals surface area contributed by atoms with Crippen molar-refractivity contribution in [2.45, 2.75) is 49.8 Å². The minimum absolute atomic E-state index is 0.215.